The fourth-order valence-corrected chi connectivity index (χ4v) is 2.66. The number of carbonyl (C=O) groups is 1. The Balaban J connectivity index is 2.05. The van der Waals surface area contributed by atoms with Gasteiger partial charge in [0.15, 0.2) is 0 Å². The second-order valence-electron chi connectivity index (χ2n) is 6.03. The smallest absolute Gasteiger partial charge is 0.307 e. The highest BCUT2D eigenvalue weighted by Crippen LogP contribution is 2.35. The first kappa shape index (κ1) is 12.8. The number of rotatable bonds is 3. The van der Waals surface area contributed by atoms with E-state index in [1.54, 1.807) is 0 Å². The van der Waals surface area contributed by atoms with Crippen LogP contribution in [-0.2, 0) is 9.53 Å². The zero-order valence-corrected chi connectivity index (χ0v) is 11.4. The Morgan fingerprint density at radius 2 is 2.06 bits per heavy atom. The Hall–Kier alpha value is -0.610. The van der Waals surface area contributed by atoms with Gasteiger partial charge in [-0.1, -0.05) is 0 Å². The number of hydrogen-bond donors (Lipinski definition) is 0. The van der Waals surface area contributed by atoms with Crippen LogP contribution >= 0.6 is 0 Å². The van der Waals surface area contributed by atoms with Crippen molar-refractivity contribution in [2.75, 3.05) is 27.2 Å². The van der Waals surface area contributed by atoms with E-state index in [0.717, 1.165) is 13.1 Å². The maximum Gasteiger partial charge on any atom is 0.307 e. The fraction of sp³-hybridized carbons (Fsp3) is 0.923. The van der Waals surface area contributed by atoms with Crippen LogP contribution in [-0.4, -0.2) is 60.6 Å². The molecule has 0 amide bonds. The molecule has 2 rings (SSSR count). The Morgan fingerprint density at radius 1 is 1.41 bits per heavy atom. The molecule has 1 aliphatic heterocycles. The lowest BCUT2D eigenvalue weighted by Gasteiger charge is -2.49. The van der Waals surface area contributed by atoms with Gasteiger partial charge in [-0.3, -0.25) is 14.6 Å². The molecule has 1 heterocycles. The molecule has 0 aromatic carbocycles. The molecule has 4 heteroatoms. The Labute approximate surface area is 104 Å². The van der Waals surface area contributed by atoms with E-state index in [1.165, 1.54) is 20.0 Å². The summed E-state index contributed by atoms with van der Waals surface area (Å²) in [5, 5.41) is 0. The largest absolute Gasteiger partial charge is 0.469 e. The number of hydrogen-bond acceptors (Lipinski definition) is 4. The lowest BCUT2D eigenvalue weighted by molar-refractivity contribution is -0.143. The van der Waals surface area contributed by atoms with Gasteiger partial charge in [-0.2, -0.15) is 0 Å². The van der Waals surface area contributed by atoms with E-state index < -0.39 is 0 Å². The summed E-state index contributed by atoms with van der Waals surface area (Å²) in [6.07, 6.45) is 3.10. The highest BCUT2D eigenvalue weighted by Gasteiger charge is 2.43. The van der Waals surface area contributed by atoms with Gasteiger partial charge < -0.3 is 4.74 Å². The lowest BCUT2D eigenvalue weighted by atomic mass is 9.95. The van der Waals surface area contributed by atoms with Gasteiger partial charge in [-0.15, -0.1) is 0 Å². The number of ether oxygens (including phenoxy) is 1. The number of piperazine rings is 1. The number of likely N-dealkylation sites (N-methyl/N-ethyl adjacent to an activating group) is 1. The first-order chi connectivity index (χ1) is 7.94. The average Bonchev–Trinajstić information content (AvgIpc) is 3.07. The standard InChI is InChI=1S/C13H24N2O2/c1-13(2)9-15(10-5-6-10)11(8-14(13)3)7-12(16)17-4/h10-11H,5-9H2,1-4H3. The summed E-state index contributed by atoms with van der Waals surface area (Å²) in [6.45, 7) is 6.56. The topological polar surface area (TPSA) is 32.8 Å². The van der Waals surface area contributed by atoms with E-state index in [4.69, 9.17) is 4.74 Å². The van der Waals surface area contributed by atoms with Crippen LogP contribution in [0.2, 0.25) is 0 Å². The minimum atomic E-state index is -0.0891. The lowest BCUT2D eigenvalue weighted by Crippen LogP contribution is -2.62. The third-order valence-electron chi connectivity index (χ3n) is 4.20. The SMILES string of the molecule is COC(=O)CC1CN(C)C(C)(C)CN1C1CC1. The highest BCUT2D eigenvalue weighted by molar-refractivity contribution is 5.70. The number of carbonyl (C=O) groups excluding carboxylic acids is 1. The van der Waals surface area contributed by atoms with Crippen molar-refractivity contribution in [1.82, 2.24) is 9.80 Å². The van der Waals surface area contributed by atoms with Crippen molar-refractivity contribution in [3.05, 3.63) is 0 Å². The van der Waals surface area contributed by atoms with Crippen LogP contribution in [0.1, 0.15) is 33.1 Å². The average molecular weight is 240 g/mol. The fourth-order valence-electron chi connectivity index (χ4n) is 2.66. The van der Waals surface area contributed by atoms with Crippen LogP contribution in [0.15, 0.2) is 0 Å². The zero-order valence-electron chi connectivity index (χ0n) is 11.4. The van der Waals surface area contributed by atoms with Crippen molar-refractivity contribution in [2.45, 2.75) is 50.7 Å². The van der Waals surface area contributed by atoms with E-state index in [0.29, 0.717) is 18.5 Å². The maximum absolute atomic E-state index is 11.5. The molecule has 2 fully saturated rings. The summed E-state index contributed by atoms with van der Waals surface area (Å²) in [6, 6.07) is 1.03. The van der Waals surface area contributed by atoms with Gasteiger partial charge in [0.05, 0.1) is 13.5 Å². The zero-order chi connectivity index (χ0) is 12.6. The molecule has 1 atom stereocenters. The van der Waals surface area contributed by atoms with Crippen LogP contribution in [0, 0.1) is 0 Å². The summed E-state index contributed by atoms with van der Waals surface area (Å²) < 4.78 is 4.80. The number of nitrogens with zero attached hydrogens (tertiary/aromatic N) is 2. The monoisotopic (exact) mass is 240 g/mol. The maximum atomic E-state index is 11.5. The molecular formula is C13H24N2O2. The van der Waals surface area contributed by atoms with Crippen molar-refractivity contribution >= 4 is 5.97 Å². The molecule has 1 aliphatic carbocycles. The molecule has 1 unspecified atom stereocenters. The molecule has 98 valence electrons. The highest BCUT2D eigenvalue weighted by atomic mass is 16.5. The van der Waals surface area contributed by atoms with E-state index in [9.17, 15) is 4.79 Å². The van der Waals surface area contributed by atoms with E-state index >= 15 is 0 Å². The third kappa shape index (κ3) is 2.80. The molecule has 0 aromatic heterocycles. The van der Waals surface area contributed by atoms with Crippen LogP contribution in [0.4, 0.5) is 0 Å². The molecule has 0 bridgehead atoms. The summed E-state index contributed by atoms with van der Waals surface area (Å²) in [4.78, 5) is 16.4. The first-order valence-corrected chi connectivity index (χ1v) is 6.48. The normalized spacial score (nSPS) is 30.2. The molecule has 1 saturated heterocycles. The molecule has 17 heavy (non-hydrogen) atoms. The number of methoxy groups -OCH3 is 1. The molecule has 2 aliphatic rings. The van der Waals surface area contributed by atoms with Gasteiger partial charge in [0.2, 0.25) is 0 Å². The first-order valence-electron chi connectivity index (χ1n) is 6.48. The molecule has 0 spiro atoms. The Bertz CT molecular complexity index is 300. The summed E-state index contributed by atoms with van der Waals surface area (Å²) in [5.74, 6) is -0.0891. The van der Waals surface area contributed by atoms with Crippen LogP contribution in [0.25, 0.3) is 0 Å². The Morgan fingerprint density at radius 3 is 2.59 bits per heavy atom. The molecule has 4 nitrogen and oxygen atoms in total. The predicted octanol–water partition coefficient (Wildman–Crippen LogP) is 1.11. The van der Waals surface area contributed by atoms with Crippen molar-refractivity contribution in [3.8, 4) is 0 Å². The summed E-state index contributed by atoms with van der Waals surface area (Å²) in [7, 11) is 3.62. The van der Waals surface area contributed by atoms with Crippen LogP contribution in [0.5, 0.6) is 0 Å². The van der Waals surface area contributed by atoms with Crippen molar-refractivity contribution < 1.29 is 9.53 Å². The second-order valence-corrected chi connectivity index (χ2v) is 6.03. The van der Waals surface area contributed by atoms with Crippen molar-refractivity contribution in [1.29, 1.82) is 0 Å². The van der Waals surface area contributed by atoms with E-state index in [2.05, 4.69) is 30.7 Å². The third-order valence-corrected chi connectivity index (χ3v) is 4.20. The van der Waals surface area contributed by atoms with Crippen molar-refractivity contribution in [2.24, 2.45) is 0 Å². The summed E-state index contributed by atoms with van der Waals surface area (Å²) >= 11 is 0. The molecule has 0 radical (unpaired) electrons. The molecule has 0 N–H and O–H groups in total. The molecular weight excluding hydrogens is 216 g/mol. The predicted molar refractivity (Wildman–Crippen MR) is 66.9 cm³/mol. The number of esters is 1. The van der Waals surface area contributed by atoms with Gasteiger partial charge in [-0.05, 0) is 33.7 Å². The minimum absolute atomic E-state index is 0.0891. The van der Waals surface area contributed by atoms with E-state index in [1.807, 2.05) is 0 Å². The molecule has 0 aromatic rings. The quantitative estimate of drug-likeness (QED) is 0.692. The molecule has 1 saturated carbocycles. The van der Waals surface area contributed by atoms with Crippen LogP contribution in [0.3, 0.4) is 0 Å². The second kappa shape index (κ2) is 4.58. The van der Waals surface area contributed by atoms with Gasteiger partial charge in [0.25, 0.3) is 0 Å². The van der Waals surface area contributed by atoms with Gasteiger partial charge >= 0.3 is 5.97 Å². The minimum Gasteiger partial charge on any atom is -0.469 e. The van der Waals surface area contributed by atoms with Gasteiger partial charge in [0.1, 0.15) is 0 Å². The van der Waals surface area contributed by atoms with Gasteiger partial charge in [0, 0.05) is 30.7 Å². The Kier molecular flexibility index (Phi) is 3.46. The summed E-state index contributed by atoms with van der Waals surface area (Å²) in [5.41, 5.74) is 0.204. The van der Waals surface area contributed by atoms with Crippen molar-refractivity contribution in [3.63, 3.8) is 0 Å². The van der Waals surface area contributed by atoms with Crippen LogP contribution < -0.4 is 0 Å². The van der Waals surface area contributed by atoms with Gasteiger partial charge in [-0.25, -0.2) is 0 Å². The van der Waals surface area contributed by atoms with E-state index in [-0.39, 0.29) is 11.5 Å².